The number of aliphatic hydroxyl groups is 7. The molecule has 0 aliphatic heterocycles. The lowest BCUT2D eigenvalue weighted by atomic mass is 9.85. The monoisotopic (exact) mass is 876 g/mol. The van der Waals surface area contributed by atoms with E-state index in [2.05, 4.69) is 37.4 Å². The number of nitrogens with one attached hydrogen (secondary N) is 1. The largest absolute Gasteiger partial charge is 0.472 e. The molecule has 14 heteroatoms. The van der Waals surface area contributed by atoms with Gasteiger partial charge in [-0.05, 0) is 38.5 Å². The third-order valence-corrected chi connectivity index (χ3v) is 12.2. The Kier molecular flexibility index (Phi) is 33.8. The Balaban J connectivity index is 2.52. The number of hydrogen-bond donors (Lipinski definition) is 9. The van der Waals surface area contributed by atoms with E-state index in [1.807, 2.05) is 6.08 Å². The van der Waals surface area contributed by atoms with Crippen LogP contribution >= 0.6 is 7.82 Å². The van der Waals surface area contributed by atoms with E-state index < -0.39 is 75.2 Å². The van der Waals surface area contributed by atoms with Crippen molar-refractivity contribution >= 4 is 13.7 Å². The molecular formula is C46H86NO12P. The van der Waals surface area contributed by atoms with Gasteiger partial charge in [-0.1, -0.05) is 179 Å². The van der Waals surface area contributed by atoms with Crippen LogP contribution in [0.25, 0.3) is 0 Å². The number of carbonyl (C=O) groups excluding carboxylic acids is 1. The van der Waals surface area contributed by atoms with Crippen molar-refractivity contribution in [1.29, 1.82) is 0 Å². The average Bonchev–Trinajstić information content (AvgIpc) is 3.22. The van der Waals surface area contributed by atoms with E-state index in [0.29, 0.717) is 19.3 Å². The topological polar surface area (TPSA) is 226 Å². The van der Waals surface area contributed by atoms with Crippen molar-refractivity contribution in [3.63, 3.8) is 0 Å². The van der Waals surface area contributed by atoms with Gasteiger partial charge in [0.1, 0.15) is 36.6 Å². The van der Waals surface area contributed by atoms with Crippen LogP contribution in [-0.2, 0) is 18.4 Å². The minimum absolute atomic E-state index is 0.254. The Bertz CT molecular complexity index is 1170. The lowest BCUT2D eigenvalue weighted by Gasteiger charge is -2.41. The summed E-state index contributed by atoms with van der Waals surface area (Å²) in [5, 5.41) is 74.4. The number of phosphoric ester groups is 1. The highest BCUT2D eigenvalue weighted by molar-refractivity contribution is 7.47. The second-order valence-electron chi connectivity index (χ2n) is 16.8. The first-order valence-corrected chi connectivity index (χ1v) is 25.0. The molecule has 0 aromatic carbocycles. The minimum atomic E-state index is -5.15. The molecular weight excluding hydrogens is 789 g/mol. The van der Waals surface area contributed by atoms with Gasteiger partial charge in [-0.2, -0.15) is 0 Å². The molecule has 1 aliphatic rings. The van der Waals surface area contributed by atoms with Crippen molar-refractivity contribution < 1.29 is 59.0 Å². The molecule has 8 atom stereocenters. The van der Waals surface area contributed by atoms with E-state index in [0.717, 1.165) is 44.9 Å². The Labute approximate surface area is 362 Å². The van der Waals surface area contributed by atoms with Crippen LogP contribution in [-0.4, -0.2) is 108 Å². The van der Waals surface area contributed by atoms with Gasteiger partial charge < -0.3 is 46.0 Å². The Hall–Kier alpha value is -1.48. The number of unbranched alkanes of at least 4 members (excludes halogenated alkanes) is 21. The highest BCUT2D eigenvalue weighted by atomic mass is 31.2. The molecule has 0 aromatic rings. The van der Waals surface area contributed by atoms with Crippen LogP contribution in [0.5, 0.6) is 0 Å². The summed E-state index contributed by atoms with van der Waals surface area (Å²) in [6.07, 6.45) is 26.8. The van der Waals surface area contributed by atoms with Gasteiger partial charge in [0.05, 0.1) is 31.3 Å². The molecule has 0 saturated heterocycles. The smallest absolute Gasteiger partial charge is 0.393 e. The average molecular weight is 876 g/mol. The van der Waals surface area contributed by atoms with Gasteiger partial charge in [0.2, 0.25) is 5.91 Å². The fourth-order valence-corrected chi connectivity index (χ4v) is 8.28. The van der Waals surface area contributed by atoms with E-state index in [4.69, 9.17) is 9.05 Å². The first-order valence-electron chi connectivity index (χ1n) is 23.5. The Morgan fingerprint density at radius 3 is 1.45 bits per heavy atom. The number of carbonyl (C=O) groups is 1. The summed E-state index contributed by atoms with van der Waals surface area (Å²) in [5.74, 6) is -0.607. The molecule has 13 nitrogen and oxygen atoms in total. The van der Waals surface area contributed by atoms with Crippen molar-refractivity contribution in [2.24, 2.45) is 0 Å². The van der Waals surface area contributed by atoms with E-state index in [1.54, 1.807) is 6.08 Å². The summed E-state index contributed by atoms with van der Waals surface area (Å²) in [4.78, 5) is 23.4. The summed E-state index contributed by atoms with van der Waals surface area (Å²) in [6.45, 7) is 3.67. The number of phosphoric acid groups is 1. The molecule has 1 aliphatic carbocycles. The van der Waals surface area contributed by atoms with E-state index in [1.165, 1.54) is 109 Å². The molecule has 60 heavy (non-hydrogen) atoms. The molecule has 0 spiro atoms. The molecule has 0 bridgehead atoms. The normalized spacial score (nSPS) is 23.7. The third-order valence-electron chi connectivity index (χ3n) is 11.2. The van der Waals surface area contributed by atoms with Crippen LogP contribution in [0.1, 0.15) is 187 Å². The van der Waals surface area contributed by atoms with E-state index >= 15 is 0 Å². The fourth-order valence-electron chi connectivity index (χ4n) is 7.32. The van der Waals surface area contributed by atoms with Crippen LogP contribution < -0.4 is 5.32 Å². The summed E-state index contributed by atoms with van der Waals surface area (Å²) in [5.41, 5.74) is 0. The molecule has 1 amide bonds. The van der Waals surface area contributed by atoms with Crippen molar-refractivity contribution in [3.8, 4) is 0 Å². The summed E-state index contributed by atoms with van der Waals surface area (Å²) < 4.78 is 22.8. The first-order chi connectivity index (χ1) is 28.8. The third kappa shape index (κ3) is 27.6. The number of rotatable bonds is 38. The maximum atomic E-state index is 13.0. The highest BCUT2D eigenvalue weighted by Crippen LogP contribution is 2.47. The molecule has 1 fully saturated rings. The van der Waals surface area contributed by atoms with Crippen LogP contribution in [0.2, 0.25) is 0 Å². The molecule has 1 rings (SSSR count). The molecule has 0 radical (unpaired) electrons. The van der Waals surface area contributed by atoms with Gasteiger partial charge in [0.25, 0.3) is 0 Å². The van der Waals surface area contributed by atoms with Gasteiger partial charge in [-0.25, -0.2) is 4.57 Å². The number of aliphatic hydroxyl groups excluding tert-OH is 7. The van der Waals surface area contributed by atoms with Gasteiger partial charge in [-0.15, -0.1) is 0 Å². The SMILES string of the molecule is CCCC/C=C/CC/C=C/CC/C=C/C(O)C(COP(=O)(O)OC1C(O)C(O)C(O)C(O)C1O)NC(=O)CC(O)CCCCCCCCCCCCCCCCCCCC. The van der Waals surface area contributed by atoms with Gasteiger partial charge in [-0.3, -0.25) is 13.8 Å². The molecule has 352 valence electrons. The number of amides is 1. The maximum Gasteiger partial charge on any atom is 0.472 e. The lowest BCUT2D eigenvalue weighted by molar-refractivity contribution is -0.220. The summed E-state index contributed by atoms with van der Waals surface area (Å²) in [6, 6.07) is -1.26. The highest BCUT2D eigenvalue weighted by Gasteiger charge is 2.51. The quantitative estimate of drug-likeness (QED) is 0.0165. The minimum Gasteiger partial charge on any atom is -0.393 e. The molecule has 0 heterocycles. The molecule has 0 aromatic heterocycles. The van der Waals surface area contributed by atoms with Crippen molar-refractivity contribution in [2.75, 3.05) is 6.61 Å². The molecule has 1 saturated carbocycles. The zero-order valence-electron chi connectivity index (χ0n) is 37.1. The standard InChI is InChI=1S/C46H86NO12P/c1-3-5-7-9-11-13-15-17-18-19-20-21-22-23-25-27-29-31-33-37(48)35-40(50)47-38(39(49)34-32-30-28-26-24-16-14-12-10-8-6-4-2)36-58-60(56,57)59-46-44(54)42(52)41(51)43(53)45(46)55/h10,12,24,26,32,34,37-39,41-46,48-49,51-55H,3-9,11,13-23,25,27-31,33,35-36H2,1-2H3,(H,47,50)(H,56,57)/b12-10+,26-24+,34-32+. The zero-order valence-corrected chi connectivity index (χ0v) is 38.0. The van der Waals surface area contributed by atoms with Crippen LogP contribution in [0, 0.1) is 0 Å². The number of allylic oxidation sites excluding steroid dienone is 5. The van der Waals surface area contributed by atoms with Crippen LogP contribution in [0.4, 0.5) is 0 Å². The van der Waals surface area contributed by atoms with Gasteiger partial charge >= 0.3 is 7.82 Å². The first kappa shape index (κ1) is 56.5. The van der Waals surface area contributed by atoms with Crippen molar-refractivity contribution in [1.82, 2.24) is 5.32 Å². The van der Waals surface area contributed by atoms with Crippen LogP contribution in [0.15, 0.2) is 36.5 Å². The second kappa shape index (κ2) is 35.9. The van der Waals surface area contributed by atoms with Crippen molar-refractivity contribution in [3.05, 3.63) is 36.5 Å². The van der Waals surface area contributed by atoms with Crippen molar-refractivity contribution in [2.45, 2.75) is 242 Å². The van der Waals surface area contributed by atoms with E-state index in [-0.39, 0.29) is 6.42 Å². The summed E-state index contributed by atoms with van der Waals surface area (Å²) >= 11 is 0. The molecule has 9 N–H and O–H groups in total. The van der Waals surface area contributed by atoms with Gasteiger partial charge in [0, 0.05) is 0 Å². The lowest BCUT2D eigenvalue weighted by Crippen LogP contribution is -2.64. The number of hydrogen-bond acceptors (Lipinski definition) is 11. The second-order valence-corrected chi connectivity index (χ2v) is 18.2. The Morgan fingerprint density at radius 2 is 0.983 bits per heavy atom. The van der Waals surface area contributed by atoms with Gasteiger partial charge in [0.15, 0.2) is 0 Å². The zero-order chi connectivity index (χ0) is 44.4. The van der Waals surface area contributed by atoms with E-state index in [9.17, 15) is 50.0 Å². The fraction of sp³-hybridized carbons (Fsp3) is 0.848. The van der Waals surface area contributed by atoms with Crippen LogP contribution in [0.3, 0.4) is 0 Å². The predicted molar refractivity (Wildman–Crippen MR) is 238 cm³/mol. The molecule has 8 unspecified atom stereocenters. The maximum absolute atomic E-state index is 13.0. The Morgan fingerprint density at radius 1 is 0.583 bits per heavy atom. The summed E-state index contributed by atoms with van der Waals surface area (Å²) in [7, 11) is -5.15. The predicted octanol–water partition coefficient (Wildman–Crippen LogP) is 7.75.